The summed E-state index contributed by atoms with van der Waals surface area (Å²) in [7, 11) is -3.70. The maximum atomic E-state index is 12.9. The molecule has 0 fully saturated rings. The smallest absolute Gasteiger partial charge is 0.326 e. The molecule has 1 aliphatic rings. The Labute approximate surface area is 124 Å². The van der Waals surface area contributed by atoms with E-state index >= 15 is 0 Å². The number of sulfonamides is 1. The number of rotatable bonds is 3. The van der Waals surface area contributed by atoms with Gasteiger partial charge >= 0.3 is 12.2 Å². The molecule has 1 aromatic carbocycles. The number of urea groups is 1. The number of hydrogen-bond acceptors (Lipinski definition) is 4. The number of nitrogens with one attached hydrogen (secondary N) is 2. The van der Waals surface area contributed by atoms with Crippen molar-refractivity contribution in [2.75, 3.05) is 11.6 Å². The molecule has 0 atom stereocenters. The van der Waals surface area contributed by atoms with Crippen molar-refractivity contribution in [1.82, 2.24) is 9.84 Å². The molecule has 0 bridgehead atoms. The van der Waals surface area contributed by atoms with Crippen molar-refractivity contribution in [3.05, 3.63) is 28.8 Å². The van der Waals surface area contributed by atoms with Crippen molar-refractivity contribution in [3.8, 4) is 0 Å². The summed E-state index contributed by atoms with van der Waals surface area (Å²) in [5.41, 5.74) is 4.56. The lowest BCUT2D eigenvalue weighted by atomic mass is 10.00. The van der Waals surface area contributed by atoms with Crippen LogP contribution in [0.5, 0.6) is 0 Å². The number of nitrogens with two attached hydrogens (primary N) is 1. The van der Waals surface area contributed by atoms with Crippen LogP contribution in [0.4, 0.5) is 23.7 Å². The van der Waals surface area contributed by atoms with Gasteiger partial charge in [0.1, 0.15) is 0 Å². The number of nitrogens with zero attached hydrogens (tertiary/aromatic N) is 1. The highest BCUT2D eigenvalue weighted by Gasteiger charge is 2.35. The van der Waals surface area contributed by atoms with Gasteiger partial charge in [-0.15, -0.1) is 4.83 Å². The van der Waals surface area contributed by atoms with E-state index in [1.165, 1.54) is 6.07 Å². The van der Waals surface area contributed by atoms with Crippen molar-refractivity contribution in [1.29, 1.82) is 0 Å². The third-order valence-electron chi connectivity index (χ3n) is 2.95. The standard InChI is InChI=1S/C11H13F3N4O3S/c1-22(20,21)17-18-5-7-2-6(4-15)8(11(12,13)14)3-9(7)16-10(18)19/h2-3,17H,4-5,15H2,1H3,(H,16,19). The topological polar surface area (TPSA) is 105 Å². The molecule has 0 unspecified atom stereocenters. The third kappa shape index (κ3) is 3.48. The van der Waals surface area contributed by atoms with Gasteiger partial charge in [-0.05, 0) is 23.3 Å². The van der Waals surface area contributed by atoms with Crippen molar-refractivity contribution in [2.45, 2.75) is 19.3 Å². The number of halogens is 3. The summed E-state index contributed by atoms with van der Waals surface area (Å²) in [6, 6.07) is 1.13. The van der Waals surface area contributed by atoms with Gasteiger partial charge in [-0.3, -0.25) is 0 Å². The number of hydrogen-bond donors (Lipinski definition) is 3. The second-order valence-electron chi connectivity index (χ2n) is 4.75. The molecule has 0 radical (unpaired) electrons. The Morgan fingerprint density at radius 3 is 2.55 bits per heavy atom. The SMILES string of the molecule is CS(=O)(=O)NN1Cc2cc(CN)c(C(F)(F)F)cc2NC1=O. The van der Waals surface area contributed by atoms with Gasteiger partial charge in [-0.2, -0.15) is 13.2 Å². The van der Waals surface area contributed by atoms with E-state index in [2.05, 4.69) is 5.32 Å². The van der Waals surface area contributed by atoms with Crippen molar-refractivity contribution in [2.24, 2.45) is 5.73 Å². The maximum absolute atomic E-state index is 12.9. The molecule has 1 aromatic rings. The van der Waals surface area contributed by atoms with E-state index in [0.717, 1.165) is 17.3 Å². The van der Waals surface area contributed by atoms with Gasteiger partial charge in [0.15, 0.2) is 0 Å². The highest BCUT2D eigenvalue weighted by atomic mass is 32.2. The average molecular weight is 338 g/mol. The Bertz CT molecular complexity index is 718. The van der Waals surface area contributed by atoms with E-state index in [1.54, 1.807) is 0 Å². The van der Waals surface area contributed by atoms with Crippen molar-refractivity contribution >= 4 is 21.7 Å². The van der Waals surface area contributed by atoms with Crippen LogP contribution in [-0.2, 0) is 29.3 Å². The highest BCUT2D eigenvalue weighted by molar-refractivity contribution is 7.88. The monoisotopic (exact) mass is 338 g/mol. The lowest BCUT2D eigenvalue weighted by Gasteiger charge is -2.30. The summed E-state index contributed by atoms with van der Waals surface area (Å²) in [5.74, 6) is 0. The van der Waals surface area contributed by atoms with Gasteiger partial charge < -0.3 is 11.1 Å². The molecule has 11 heteroatoms. The van der Waals surface area contributed by atoms with Crippen LogP contribution in [-0.4, -0.2) is 25.7 Å². The molecule has 122 valence electrons. The van der Waals surface area contributed by atoms with Crippen molar-refractivity contribution < 1.29 is 26.4 Å². The second-order valence-corrected chi connectivity index (χ2v) is 6.48. The minimum atomic E-state index is -4.60. The van der Waals surface area contributed by atoms with E-state index < -0.39 is 27.8 Å². The van der Waals surface area contributed by atoms with E-state index in [-0.39, 0.29) is 24.3 Å². The summed E-state index contributed by atoms with van der Waals surface area (Å²) in [4.78, 5) is 13.7. The molecule has 0 saturated heterocycles. The first-order valence-electron chi connectivity index (χ1n) is 6.00. The number of amides is 2. The summed E-state index contributed by atoms with van der Waals surface area (Å²) in [6.07, 6.45) is -3.75. The molecule has 0 aromatic heterocycles. The van der Waals surface area contributed by atoms with E-state index in [1.807, 2.05) is 4.83 Å². The predicted octanol–water partition coefficient (Wildman–Crippen LogP) is 0.976. The number of carbonyl (C=O) groups is 1. The lowest BCUT2D eigenvalue weighted by Crippen LogP contribution is -2.49. The fourth-order valence-electron chi connectivity index (χ4n) is 2.07. The van der Waals surface area contributed by atoms with Crippen LogP contribution in [0.25, 0.3) is 0 Å². The Morgan fingerprint density at radius 2 is 2.05 bits per heavy atom. The van der Waals surface area contributed by atoms with Crippen molar-refractivity contribution in [3.63, 3.8) is 0 Å². The van der Waals surface area contributed by atoms with E-state index in [4.69, 9.17) is 5.73 Å². The maximum Gasteiger partial charge on any atom is 0.416 e. The molecule has 0 aliphatic carbocycles. The van der Waals surface area contributed by atoms with Crippen LogP contribution in [0.1, 0.15) is 16.7 Å². The quantitative estimate of drug-likeness (QED) is 0.764. The molecule has 7 nitrogen and oxygen atoms in total. The molecule has 22 heavy (non-hydrogen) atoms. The molecule has 2 amide bonds. The fourth-order valence-corrected chi connectivity index (χ4v) is 2.62. The second kappa shape index (κ2) is 5.41. The van der Waals surface area contributed by atoms with Gasteiger partial charge in [-0.25, -0.2) is 18.2 Å². The molecule has 4 N–H and O–H groups in total. The molecule has 0 saturated carbocycles. The molecular formula is C11H13F3N4O3S. The largest absolute Gasteiger partial charge is 0.416 e. The first-order chi connectivity index (χ1) is 10.0. The number of benzene rings is 1. The fraction of sp³-hybridized carbons (Fsp3) is 0.364. The van der Waals surface area contributed by atoms with Gasteiger partial charge in [-0.1, -0.05) is 0 Å². The zero-order valence-electron chi connectivity index (χ0n) is 11.4. The lowest BCUT2D eigenvalue weighted by molar-refractivity contribution is -0.138. The summed E-state index contributed by atoms with van der Waals surface area (Å²) in [5, 5.41) is 2.97. The minimum Gasteiger partial charge on any atom is -0.326 e. The van der Waals surface area contributed by atoms with Crippen LogP contribution in [0.3, 0.4) is 0 Å². The third-order valence-corrected chi connectivity index (χ3v) is 3.50. The molecule has 0 spiro atoms. The van der Waals surface area contributed by atoms with Gasteiger partial charge in [0.2, 0.25) is 10.0 Å². The highest BCUT2D eigenvalue weighted by Crippen LogP contribution is 2.36. The van der Waals surface area contributed by atoms with Gasteiger partial charge in [0.05, 0.1) is 18.4 Å². The van der Waals surface area contributed by atoms with Crippen LogP contribution in [0, 0.1) is 0 Å². The van der Waals surface area contributed by atoms with Crippen LogP contribution in [0.15, 0.2) is 12.1 Å². The van der Waals surface area contributed by atoms with Crippen LogP contribution in [0.2, 0.25) is 0 Å². The van der Waals surface area contributed by atoms with E-state index in [9.17, 15) is 26.4 Å². The zero-order valence-corrected chi connectivity index (χ0v) is 12.2. The first kappa shape index (κ1) is 16.5. The normalized spacial score (nSPS) is 15.5. The molecule has 2 rings (SSSR count). The Kier molecular flexibility index (Phi) is 4.06. The summed E-state index contributed by atoms with van der Waals surface area (Å²) in [6.45, 7) is -0.547. The molecular weight excluding hydrogens is 325 g/mol. The number of anilines is 1. The van der Waals surface area contributed by atoms with Gasteiger partial charge in [0, 0.05) is 12.2 Å². The zero-order chi connectivity index (χ0) is 16.7. The molecule has 1 heterocycles. The Hall–Kier alpha value is -1.85. The average Bonchev–Trinajstić information content (AvgIpc) is 2.35. The number of carbonyl (C=O) groups excluding carboxylic acids is 1. The van der Waals surface area contributed by atoms with Gasteiger partial charge in [0.25, 0.3) is 0 Å². The van der Waals surface area contributed by atoms with Crippen LogP contribution >= 0.6 is 0 Å². The number of alkyl halides is 3. The summed E-state index contributed by atoms with van der Waals surface area (Å²) < 4.78 is 61.1. The molecule has 1 aliphatic heterocycles. The Morgan fingerprint density at radius 1 is 1.41 bits per heavy atom. The van der Waals surface area contributed by atoms with Crippen LogP contribution < -0.4 is 15.9 Å². The Balaban J connectivity index is 2.43. The number of fused-ring (bicyclic) bond motifs is 1. The number of hydrazine groups is 1. The van der Waals surface area contributed by atoms with E-state index in [0.29, 0.717) is 5.56 Å². The first-order valence-corrected chi connectivity index (χ1v) is 7.89. The minimum absolute atomic E-state index is 0.0268. The summed E-state index contributed by atoms with van der Waals surface area (Å²) >= 11 is 0. The predicted molar refractivity (Wildman–Crippen MR) is 71.9 cm³/mol.